The molecule has 0 aliphatic carbocycles. The van der Waals surface area contributed by atoms with Gasteiger partial charge in [0.15, 0.2) is 0 Å². The second-order valence-corrected chi connectivity index (χ2v) is 5.71. The molecule has 2 N–H and O–H groups in total. The molecule has 0 saturated heterocycles. The van der Waals surface area contributed by atoms with Gasteiger partial charge in [0.2, 0.25) is 5.56 Å². The van der Waals surface area contributed by atoms with E-state index >= 15 is 0 Å². The van der Waals surface area contributed by atoms with Gasteiger partial charge in [-0.15, -0.1) is 0 Å². The van der Waals surface area contributed by atoms with Gasteiger partial charge in [0, 0.05) is 30.9 Å². The van der Waals surface area contributed by atoms with Gasteiger partial charge >= 0.3 is 0 Å². The number of H-pyrrole nitrogens is 1. The second kappa shape index (κ2) is 8.15. The van der Waals surface area contributed by atoms with E-state index in [9.17, 15) is 9.59 Å². The van der Waals surface area contributed by atoms with Crippen molar-refractivity contribution in [2.24, 2.45) is 0 Å². The summed E-state index contributed by atoms with van der Waals surface area (Å²) < 4.78 is 6.93. The molecule has 0 aliphatic rings. The number of carbonyl (C=O) groups excluding carboxylic acids is 1. The summed E-state index contributed by atoms with van der Waals surface area (Å²) in [6.45, 7) is 1.01. The molecule has 2 aromatic heterocycles. The molecule has 0 radical (unpaired) electrons. The predicted molar refractivity (Wildman–Crippen MR) is 98.2 cm³/mol. The van der Waals surface area contributed by atoms with Crippen LogP contribution in [0.5, 0.6) is 5.75 Å². The number of amides is 1. The van der Waals surface area contributed by atoms with Crippen LogP contribution in [-0.4, -0.2) is 34.3 Å². The standard InChI is InChI=1S/C19H20N4O3/c1-26-17-8-3-2-7-14(17)15-13-16(22-21-15)19(25)20-10-6-12-23-11-5-4-9-18(23)24/h2-5,7-9,11,13H,6,10,12H2,1H3,(H,20,25)(H,21,22). The first kappa shape index (κ1) is 17.5. The lowest BCUT2D eigenvalue weighted by Crippen LogP contribution is -2.27. The molecule has 0 spiro atoms. The Morgan fingerprint density at radius 2 is 2.04 bits per heavy atom. The zero-order chi connectivity index (χ0) is 18.4. The average molecular weight is 352 g/mol. The molecule has 1 aromatic carbocycles. The lowest BCUT2D eigenvalue weighted by molar-refractivity contribution is 0.0947. The van der Waals surface area contributed by atoms with Crippen LogP contribution in [0.3, 0.4) is 0 Å². The molecule has 0 saturated carbocycles. The zero-order valence-corrected chi connectivity index (χ0v) is 14.4. The maximum Gasteiger partial charge on any atom is 0.269 e. The summed E-state index contributed by atoms with van der Waals surface area (Å²) in [4.78, 5) is 23.9. The first-order valence-corrected chi connectivity index (χ1v) is 8.31. The molecular weight excluding hydrogens is 332 g/mol. The highest BCUT2D eigenvalue weighted by atomic mass is 16.5. The quantitative estimate of drug-likeness (QED) is 0.637. The molecule has 26 heavy (non-hydrogen) atoms. The molecule has 0 aliphatic heterocycles. The van der Waals surface area contributed by atoms with Crippen LogP contribution in [0.25, 0.3) is 11.3 Å². The summed E-state index contributed by atoms with van der Waals surface area (Å²) in [5.74, 6) is 0.457. The Labute approximate surface area is 150 Å². The molecule has 0 fully saturated rings. The second-order valence-electron chi connectivity index (χ2n) is 5.71. The smallest absolute Gasteiger partial charge is 0.269 e. The van der Waals surface area contributed by atoms with E-state index in [1.54, 1.807) is 30.0 Å². The van der Waals surface area contributed by atoms with Gasteiger partial charge in [0.05, 0.1) is 12.8 Å². The lowest BCUT2D eigenvalue weighted by Gasteiger charge is -2.06. The van der Waals surface area contributed by atoms with E-state index in [1.807, 2.05) is 30.3 Å². The average Bonchev–Trinajstić information content (AvgIpc) is 3.16. The van der Waals surface area contributed by atoms with Crippen molar-refractivity contribution in [3.8, 4) is 17.0 Å². The minimum atomic E-state index is -0.237. The number of carbonyl (C=O) groups is 1. The number of para-hydroxylation sites is 1. The van der Waals surface area contributed by atoms with E-state index in [1.165, 1.54) is 6.07 Å². The van der Waals surface area contributed by atoms with E-state index in [-0.39, 0.29) is 11.5 Å². The normalized spacial score (nSPS) is 10.5. The number of aromatic nitrogens is 3. The van der Waals surface area contributed by atoms with Crippen LogP contribution in [0.2, 0.25) is 0 Å². The number of nitrogens with one attached hydrogen (secondary N) is 2. The number of hydrogen-bond acceptors (Lipinski definition) is 4. The van der Waals surface area contributed by atoms with Gasteiger partial charge in [-0.25, -0.2) is 0 Å². The van der Waals surface area contributed by atoms with Crippen LogP contribution in [0, 0.1) is 0 Å². The fourth-order valence-electron chi connectivity index (χ4n) is 2.62. The Hall–Kier alpha value is -3.35. The van der Waals surface area contributed by atoms with Crippen LogP contribution in [0.15, 0.2) is 59.5 Å². The minimum Gasteiger partial charge on any atom is -0.496 e. The fourth-order valence-corrected chi connectivity index (χ4v) is 2.62. The van der Waals surface area contributed by atoms with Gasteiger partial charge in [0.1, 0.15) is 11.4 Å². The third-order valence-electron chi connectivity index (χ3n) is 3.97. The summed E-state index contributed by atoms with van der Waals surface area (Å²) in [7, 11) is 1.59. The minimum absolute atomic E-state index is 0.0474. The highest BCUT2D eigenvalue weighted by molar-refractivity contribution is 5.93. The first-order valence-electron chi connectivity index (χ1n) is 8.31. The van der Waals surface area contributed by atoms with Crippen molar-refractivity contribution in [1.82, 2.24) is 20.1 Å². The van der Waals surface area contributed by atoms with Crippen molar-refractivity contribution in [3.05, 3.63) is 70.8 Å². The van der Waals surface area contributed by atoms with Crippen LogP contribution in [-0.2, 0) is 6.54 Å². The van der Waals surface area contributed by atoms with E-state index in [2.05, 4.69) is 15.5 Å². The molecule has 7 heteroatoms. The molecule has 134 valence electrons. The third-order valence-corrected chi connectivity index (χ3v) is 3.97. The first-order chi connectivity index (χ1) is 12.7. The van der Waals surface area contributed by atoms with Crippen molar-refractivity contribution in [2.75, 3.05) is 13.7 Å². The Morgan fingerprint density at radius 3 is 2.85 bits per heavy atom. The molecule has 0 unspecified atom stereocenters. The largest absolute Gasteiger partial charge is 0.496 e. The molecule has 7 nitrogen and oxygen atoms in total. The molecule has 2 heterocycles. The third kappa shape index (κ3) is 4.00. The summed E-state index contributed by atoms with van der Waals surface area (Å²) in [6, 6.07) is 14.2. The van der Waals surface area contributed by atoms with Crippen molar-refractivity contribution < 1.29 is 9.53 Å². The number of nitrogens with zero attached hydrogens (tertiary/aromatic N) is 2. The van der Waals surface area contributed by atoms with Crippen molar-refractivity contribution >= 4 is 5.91 Å². The zero-order valence-electron chi connectivity index (χ0n) is 14.4. The predicted octanol–water partition coefficient (Wildman–Crippen LogP) is 2.07. The maximum atomic E-state index is 12.2. The maximum absolute atomic E-state index is 12.2. The van der Waals surface area contributed by atoms with Gasteiger partial charge in [-0.1, -0.05) is 18.2 Å². The van der Waals surface area contributed by atoms with Gasteiger partial charge in [-0.2, -0.15) is 5.10 Å². The number of methoxy groups -OCH3 is 1. The number of hydrogen-bond donors (Lipinski definition) is 2. The Bertz CT molecular complexity index is 945. The molecule has 0 atom stereocenters. The van der Waals surface area contributed by atoms with Crippen LogP contribution in [0.1, 0.15) is 16.9 Å². The van der Waals surface area contributed by atoms with Crippen molar-refractivity contribution in [1.29, 1.82) is 0 Å². The van der Waals surface area contributed by atoms with Crippen LogP contribution >= 0.6 is 0 Å². The Balaban J connectivity index is 1.57. The van der Waals surface area contributed by atoms with Gasteiger partial charge in [-0.3, -0.25) is 14.7 Å². The SMILES string of the molecule is COc1ccccc1-c1cc(C(=O)NCCCn2ccccc2=O)[nH]n1. The lowest BCUT2D eigenvalue weighted by atomic mass is 10.1. The Morgan fingerprint density at radius 1 is 1.23 bits per heavy atom. The summed E-state index contributed by atoms with van der Waals surface area (Å²) in [5.41, 5.74) is 1.79. The van der Waals surface area contributed by atoms with E-state index in [4.69, 9.17) is 4.74 Å². The van der Waals surface area contributed by atoms with Crippen LogP contribution in [0.4, 0.5) is 0 Å². The molecular formula is C19H20N4O3. The van der Waals surface area contributed by atoms with Crippen LogP contribution < -0.4 is 15.6 Å². The summed E-state index contributed by atoms with van der Waals surface area (Å²) in [5, 5.41) is 9.77. The fraction of sp³-hybridized carbons (Fsp3) is 0.211. The molecule has 0 bridgehead atoms. The van der Waals surface area contributed by atoms with Gasteiger partial charge in [0.25, 0.3) is 5.91 Å². The number of ether oxygens (including phenoxy) is 1. The molecule has 3 aromatic rings. The number of aromatic amines is 1. The number of pyridine rings is 1. The summed E-state index contributed by atoms with van der Waals surface area (Å²) >= 11 is 0. The summed E-state index contributed by atoms with van der Waals surface area (Å²) in [6.07, 6.45) is 2.39. The Kier molecular flexibility index (Phi) is 5.48. The van der Waals surface area contributed by atoms with E-state index < -0.39 is 0 Å². The highest BCUT2D eigenvalue weighted by Crippen LogP contribution is 2.28. The van der Waals surface area contributed by atoms with Gasteiger partial charge in [-0.05, 0) is 30.7 Å². The monoisotopic (exact) mass is 352 g/mol. The van der Waals surface area contributed by atoms with E-state index in [0.717, 1.165) is 5.56 Å². The van der Waals surface area contributed by atoms with Crippen molar-refractivity contribution in [2.45, 2.75) is 13.0 Å². The van der Waals surface area contributed by atoms with Gasteiger partial charge < -0.3 is 14.6 Å². The van der Waals surface area contributed by atoms with E-state index in [0.29, 0.717) is 36.6 Å². The van der Waals surface area contributed by atoms with Crippen molar-refractivity contribution in [3.63, 3.8) is 0 Å². The topological polar surface area (TPSA) is 89.0 Å². The number of aryl methyl sites for hydroxylation is 1. The number of benzene rings is 1. The number of rotatable bonds is 7. The molecule has 3 rings (SSSR count). The molecule has 1 amide bonds. The highest BCUT2D eigenvalue weighted by Gasteiger charge is 2.13.